The van der Waals surface area contributed by atoms with Gasteiger partial charge in [0.15, 0.2) is 0 Å². The van der Waals surface area contributed by atoms with Crippen molar-refractivity contribution in [3.05, 3.63) is 39.9 Å². The fourth-order valence-corrected chi connectivity index (χ4v) is 3.34. The van der Waals surface area contributed by atoms with Crippen LogP contribution in [0.15, 0.2) is 28.8 Å². The molecule has 1 aliphatic carbocycles. The fourth-order valence-electron chi connectivity index (χ4n) is 3.07. The summed E-state index contributed by atoms with van der Waals surface area (Å²) in [7, 11) is 0. The summed E-state index contributed by atoms with van der Waals surface area (Å²) in [5.74, 6) is -0.260. The number of carbonyl (C=O) groups excluding carboxylic acids is 2. The van der Waals surface area contributed by atoms with Crippen molar-refractivity contribution in [1.29, 1.82) is 0 Å². The molecule has 0 spiro atoms. The van der Waals surface area contributed by atoms with E-state index in [-0.39, 0.29) is 40.8 Å². The molecule has 2 amide bonds. The third-order valence-corrected chi connectivity index (χ3v) is 5.01. The Labute approximate surface area is 164 Å². The van der Waals surface area contributed by atoms with E-state index in [1.165, 1.54) is 0 Å². The topological polar surface area (TPSA) is 67.4 Å². The summed E-state index contributed by atoms with van der Waals surface area (Å²) in [6.07, 6.45) is 1.15. The Hall–Kier alpha value is -1.72. The van der Waals surface area contributed by atoms with E-state index in [1.54, 1.807) is 6.08 Å². The minimum atomic E-state index is -0.547. The maximum Gasteiger partial charge on any atom is 0.411 e. The lowest BCUT2D eigenvalue weighted by Crippen LogP contribution is -2.31. The Kier molecular flexibility index (Phi) is 6.58. The first kappa shape index (κ1) is 20.6. The van der Waals surface area contributed by atoms with Crippen LogP contribution < -0.4 is 10.6 Å². The zero-order valence-corrected chi connectivity index (χ0v) is 16.9. The molecule has 1 aromatic carbocycles. The molecule has 1 fully saturated rings. The van der Waals surface area contributed by atoms with Crippen molar-refractivity contribution in [3.63, 3.8) is 0 Å². The van der Waals surface area contributed by atoms with E-state index < -0.39 is 6.09 Å². The van der Waals surface area contributed by atoms with Crippen LogP contribution >= 0.6 is 23.2 Å². The van der Waals surface area contributed by atoms with E-state index in [0.29, 0.717) is 5.69 Å². The highest BCUT2D eigenvalue weighted by Gasteiger charge is 2.60. The molecular formula is C19H24Cl2N2O3. The van der Waals surface area contributed by atoms with Gasteiger partial charge in [0.2, 0.25) is 5.91 Å². The van der Waals surface area contributed by atoms with E-state index >= 15 is 0 Å². The van der Waals surface area contributed by atoms with Gasteiger partial charge in [-0.2, -0.15) is 0 Å². The van der Waals surface area contributed by atoms with Gasteiger partial charge in [0, 0.05) is 5.69 Å². The van der Waals surface area contributed by atoms with Crippen LogP contribution in [0.5, 0.6) is 0 Å². The lowest BCUT2D eigenvalue weighted by atomic mass is 10.1. The zero-order valence-electron chi connectivity index (χ0n) is 15.4. The number of amides is 2. The van der Waals surface area contributed by atoms with E-state index in [4.69, 9.17) is 27.9 Å². The summed E-state index contributed by atoms with van der Waals surface area (Å²) in [6, 6.07) is 5.78. The van der Waals surface area contributed by atoms with E-state index in [1.807, 2.05) is 45.9 Å². The van der Waals surface area contributed by atoms with Crippen molar-refractivity contribution in [3.8, 4) is 0 Å². The quantitative estimate of drug-likeness (QED) is 0.690. The van der Waals surface area contributed by atoms with Gasteiger partial charge >= 0.3 is 6.09 Å². The molecule has 1 aromatic rings. The number of ether oxygens (including phenoxy) is 1. The summed E-state index contributed by atoms with van der Waals surface area (Å²) in [5, 5.41) is 5.49. The summed E-state index contributed by atoms with van der Waals surface area (Å²) < 4.78 is 5.29. The van der Waals surface area contributed by atoms with Crippen molar-refractivity contribution in [1.82, 2.24) is 5.32 Å². The lowest BCUT2D eigenvalue weighted by Gasteiger charge is -2.11. The Morgan fingerprint density at radius 3 is 2.62 bits per heavy atom. The molecule has 5 nitrogen and oxygen atoms in total. The zero-order chi connectivity index (χ0) is 19.5. The smallest absolute Gasteiger partial charge is 0.411 e. The fraction of sp³-hybridized carbons (Fsp3) is 0.474. The van der Waals surface area contributed by atoms with E-state index in [2.05, 4.69) is 10.6 Å². The predicted molar refractivity (Wildman–Crippen MR) is 104 cm³/mol. The Balaban J connectivity index is 1.73. The molecule has 2 atom stereocenters. The molecule has 142 valence electrons. The molecule has 0 unspecified atom stereocenters. The molecule has 0 heterocycles. The summed E-state index contributed by atoms with van der Waals surface area (Å²) in [6.45, 7) is 8.17. The Morgan fingerprint density at radius 2 is 1.96 bits per heavy atom. The van der Waals surface area contributed by atoms with Crippen LogP contribution in [0, 0.1) is 31.1 Å². The third-order valence-electron chi connectivity index (χ3n) is 4.76. The highest BCUT2D eigenvalue weighted by molar-refractivity contribution is 6.55. The molecule has 1 aliphatic rings. The van der Waals surface area contributed by atoms with E-state index in [0.717, 1.165) is 11.1 Å². The number of benzene rings is 1. The number of rotatable bonds is 6. The summed E-state index contributed by atoms with van der Waals surface area (Å²) in [5.41, 5.74) is 2.53. The highest BCUT2D eigenvalue weighted by atomic mass is 35.5. The average Bonchev–Trinajstić information content (AvgIpc) is 3.07. The normalized spacial score (nSPS) is 20.1. The lowest BCUT2D eigenvalue weighted by molar-refractivity contribution is -0.123. The summed E-state index contributed by atoms with van der Waals surface area (Å²) >= 11 is 11.4. The average molecular weight is 399 g/mol. The van der Waals surface area contributed by atoms with Crippen molar-refractivity contribution >= 4 is 40.9 Å². The van der Waals surface area contributed by atoms with Crippen LogP contribution in [0.1, 0.15) is 25.0 Å². The van der Waals surface area contributed by atoms with Crippen molar-refractivity contribution < 1.29 is 14.3 Å². The van der Waals surface area contributed by atoms with Gasteiger partial charge in [0.1, 0.15) is 11.1 Å². The first-order valence-electron chi connectivity index (χ1n) is 8.44. The molecule has 0 aliphatic heterocycles. The number of halogens is 2. The second-order valence-corrected chi connectivity index (χ2v) is 8.16. The van der Waals surface area contributed by atoms with Gasteiger partial charge in [-0.05, 0) is 48.4 Å². The molecule has 2 rings (SSSR count). The molecule has 1 saturated carbocycles. The van der Waals surface area contributed by atoms with Crippen LogP contribution in [-0.4, -0.2) is 25.2 Å². The second kappa shape index (κ2) is 8.31. The van der Waals surface area contributed by atoms with Gasteiger partial charge in [-0.25, -0.2) is 4.79 Å². The molecule has 0 saturated heterocycles. The number of hydrogen-bond acceptors (Lipinski definition) is 3. The van der Waals surface area contributed by atoms with Crippen molar-refractivity contribution in [2.24, 2.45) is 17.3 Å². The van der Waals surface area contributed by atoms with Crippen LogP contribution in [0.2, 0.25) is 0 Å². The number of allylic oxidation sites excluding steroid dienone is 1. The van der Waals surface area contributed by atoms with Crippen molar-refractivity contribution in [2.75, 3.05) is 18.5 Å². The predicted octanol–water partition coefficient (Wildman–Crippen LogP) is 4.56. The van der Waals surface area contributed by atoms with Crippen LogP contribution in [0.3, 0.4) is 0 Å². The van der Waals surface area contributed by atoms with Gasteiger partial charge in [-0.3, -0.25) is 10.1 Å². The standard InChI is InChI=1S/C19H24Cl2N2O3/c1-11-5-6-12(2)14(9-11)23-18(25)26-8-7-22-17(24)16-13(10-15(20)21)19(16,3)4/h5-6,9-10,13,16H,7-8H2,1-4H3,(H,22,24)(H,23,25)/t13-,16+/m0/s1. The summed E-state index contributed by atoms with van der Waals surface area (Å²) in [4.78, 5) is 24.1. The minimum absolute atomic E-state index is 0.0148. The number of hydrogen-bond donors (Lipinski definition) is 2. The number of nitrogens with one attached hydrogen (secondary N) is 2. The maximum atomic E-state index is 12.2. The Morgan fingerprint density at radius 1 is 1.27 bits per heavy atom. The first-order chi connectivity index (χ1) is 12.1. The maximum absolute atomic E-state index is 12.2. The second-order valence-electron chi connectivity index (χ2n) is 7.15. The molecule has 2 N–H and O–H groups in total. The third kappa shape index (κ3) is 5.15. The van der Waals surface area contributed by atoms with Gasteiger partial charge in [-0.1, -0.05) is 49.2 Å². The van der Waals surface area contributed by atoms with Crippen LogP contribution in [-0.2, 0) is 9.53 Å². The van der Waals surface area contributed by atoms with Gasteiger partial charge in [0.05, 0.1) is 12.5 Å². The van der Waals surface area contributed by atoms with Crippen LogP contribution in [0.4, 0.5) is 10.5 Å². The van der Waals surface area contributed by atoms with Gasteiger partial charge < -0.3 is 10.1 Å². The molecular weight excluding hydrogens is 375 g/mol. The van der Waals surface area contributed by atoms with Gasteiger partial charge in [0.25, 0.3) is 0 Å². The highest BCUT2D eigenvalue weighted by Crippen LogP contribution is 2.59. The molecule has 0 bridgehead atoms. The molecule has 0 radical (unpaired) electrons. The largest absolute Gasteiger partial charge is 0.447 e. The first-order valence-corrected chi connectivity index (χ1v) is 9.20. The number of anilines is 1. The molecule has 26 heavy (non-hydrogen) atoms. The minimum Gasteiger partial charge on any atom is -0.447 e. The monoisotopic (exact) mass is 398 g/mol. The molecule has 0 aromatic heterocycles. The Bertz CT molecular complexity index is 727. The van der Waals surface area contributed by atoms with Crippen molar-refractivity contribution in [2.45, 2.75) is 27.7 Å². The van der Waals surface area contributed by atoms with Gasteiger partial charge in [-0.15, -0.1) is 0 Å². The number of carbonyl (C=O) groups is 2. The van der Waals surface area contributed by atoms with Crippen LogP contribution in [0.25, 0.3) is 0 Å². The molecule has 7 heteroatoms. The number of aryl methyl sites for hydroxylation is 2. The van der Waals surface area contributed by atoms with E-state index in [9.17, 15) is 9.59 Å². The SMILES string of the molecule is Cc1ccc(C)c(NC(=O)OCCNC(=O)[C@H]2[C@H](C=C(Cl)Cl)C2(C)C)c1.